The molecule has 0 radical (unpaired) electrons. The van der Waals surface area contributed by atoms with Gasteiger partial charge in [-0.15, -0.1) is 0 Å². The van der Waals surface area contributed by atoms with Crippen molar-refractivity contribution in [3.63, 3.8) is 0 Å². The molecule has 1 N–H and O–H groups in total. The molecule has 0 unspecified atom stereocenters. The van der Waals surface area contributed by atoms with Crippen molar-refractivity contribution in [1.29, 1.82) is 0 Å². The maximum Gasteiger partial charge on any atom is 0.358 e. The summed E-state index contributed by atoms with van der Waals surface area (Å²) in [6, 6.07) is 4.80. The first-order valence-electron chi connectivity index (χ1n) is 6.17. The zero-order valence-corrected chi connectivity index (χ0v) is 13.3. The van der Waals surface area contributed by atoms with Crippen LogP contribution in [-0.4, -0.2) is 29.4 Å². The Morgan fingerprint density at radius 2 is 2.05 bits per heavy atom. The Kier molecular flexibility index (Phi) is 4.52. The van der Waals surface area contributed by atoms with E-state index in [1.165, 1.54) is 6.07 Å². The molecule has 0 bridgehead atoms. The number of rotatable bonds is 5. The second kappa shape index (κ2) is 6.17. The van der Waals surface area contributed by atoms with Gasteiger partial charge in [0.25, 0.3) is 0 Å². The van der Waals surface area contributed by atoms with Gasteiger partial charge in [-0.2, -0.15) is 0 Å². The number of carbonyl (C=O) groups is 1. The maximum absolute atomic E-state index is 10.9. The van der Waals surface area contributed by atoms with Gasteiger partial charge in [0.05, 0.1) is 13.2 Å². The van der Waals surface area contributed by atoms with Crippen molar-refractivity contribution >= 4 is 21.9 Å². The summed E-state index contributed by atoms with van der Waals surface area (Å²) >= 11 is 3.40. The van der Waals surface area contributed by atoms with Crippen LogP contribution < -0.4 is 9.47 Å². The average molecular weight is 356 g/mol. The molecule has 2 aromatic rings. The molecule has 0 saturated heterocycles. The maximum atomic E-state index is 10.9. The highest BCUT2D eigenvalue weighted by atomic mass is 79.9. The Balaban J connectivity index is 2.49. The van der Waals surface area contributed by atoms with Crippen LogP contribution in [0.2, 0.25) is 0 Å². The van der Waals surface area contributed by atoms with Crippen molar-refractivity contribution in [2.75, 3.05) is 7.11 Å². The molecule has 1 heterocycles. The van der Waals surface area contributed by atoms with E-state index in [9.17, 15) is 4.79 Å². The van der Waals surface area contributed by atoms with Gasteiger partial charge in [-0.1, -0.05) is 5.16 Å². The van der Waals surface area contributed by atoms with Gasteiger partial charge >= 0.3 is 5.97 Å². The Labute approximate surface area is 129 Å². The lowest BCUT2D eigenvalue weighted by molar-refractivity contribution is 0.0686. The highest BCUT2D eigenvalue weighted by Gasteiger charge is 2.18. The minimum Gasteiger partial charge on any atom is -0.493 e. The van der Waals surface area contributed by atoms with E-state index in [-0.39, 0.29) is 11.8 Å². The monoisotopic (exact) mass is 355 g/mol. The van der Waals surface area contributed by atoms with E-state index >= 15 is 0 Å². The molecule has 0 amide bonds. The van der Waals surface area contributed by atoms with Crippen molar-refractivity contribution in [1.82, 2.24) is 5.16 Å². The summed E-state index contributed by atoms with van der Waals surface area (Å²) in [5.74, 6) is 0.292. The normalized spacial score (nSPS) is 10.7. The van der Waals surface area contributed by atoms with Crippen LogP contribution in [0.1, 0.15) is 24.3 Å². The number of ether oxygens (including phenoxy) is 2. The van der Waals surface area contributed by atoms with Crippen LogP contribution in [0.3, 0.4) is 0 Å². The minimum atomic E-state index is -1.15. The number of methoxy groups -OCH3 is 1. The standard InChI is InChI=1S/C14H14BrNO5/c1-7(2)20-13-4-8(9(15)5-12(13)19-3)11-6-10(14(17)18)16-21-11/h4-7H,1-3H3,(H,17,18). The molecule has 0 aliphatic rings. The van der Waals surface area contributed by atoms with Crippen LogP contribution in [0.4, 0.5) is 0 Å². The van der Waals surface area contributed by atoms with Crippen molar-refractivity contribution in [2.24, 2.45) is 0 Å². The van der Waals surface area contributed by atoms with Gasteiger partial charge in [0.2, 0.25) is 0 Å². The van der Waals surface area contributed by atoms with E-state index in [2.05, 4.69) is 21.1 Å². The molecular weight excluding hydrogens is 342 g/mol. The number of aromatic nitrogens is 1. The molecule has 1 aromatic carbocycles. The first-order valence-corrected chi connectivity index (χ1v) is 6.96. The number of hydrogen-bond donors (Lipinski definition) is 1. The van der Waals surface area contributed by atoms with Gasteiger partial charge < -0.3 is 19.1 Å². The quantitative estimate of drug-likeness (QED) is 0.882. The molecule has 0 aliphatic heterocycles. The lowest BCUT2D eigenvalue weighted by Crippen LogP contribution is -2.06. The van der Waals surface area contributed by atoms with Gasteiger partial charge in [-0.25, -0.2) is 4.79 Å². The third-order valence-electron chi connectivity index (χ3n) is 2.61. The van der Waals surface area contributed by atoms with Gasteiger partial charge in [0.1, 0.15) is 0 Å². The highest BCUT2D eigenvalue weighted by molar-refractivity contribution is 9.10. The number of carboxylic acids is 1. The van der Waals surface area contributed by atoms with Gasteiger partial charge in [0.15, 0.2) is 23.0 Å². The Morgan fingerprint density at radius 1 is 1.33 bits per heavy atom. The third-order valence-corrected chi connectivity index (χ3v) is 3.27. The number of nitrogens with zero attached hydrogens (tertiary/aromatic N) is 1. The number of halogens is 1. The predicted molar refractivity (Wildman–Crippen MR) is 78.9 cm³/mol. The molecule has 6 nitrogen and oxygen atoms in total. The largest absolute Gasteiger partial charge is 0.493 e. The summed E-state index contributed by atoms with van der Waals surface area (Å²) in [7, 11) is 1.55. The van der Waals surface area contributed by atoms with Gasteiger partial charge in [-0.05, 0) is 41.9 Å². The summed E-state index contributed by atoms with van der Waals surface area (Å²) in [6.07, 6.45) is -0.0303. The SMILES string of the molecule is COc1cc(Br)c(-c2cc(C(=O)O)no2)cc1OC(C)C. The van der Waals surface area contributed by atoms with Crippen LogP contribution >= 0.6 is 15.9 Å². The minimum absolute atomic E-state index is 0.0303. The van der Waals surface area contributed by atoms with E-state index in [1.54, 1.807) is 19.2 Å². The van der Waals surface area contributed by atoms with Crippen molar-refractivity contribution < 1.29 is 23.9 Å². The molecule has 112 valence electrons. The summed E-state index contributed by atoms with van der Waals surface area (Å²) in [4.78, 5) is 10.9. The first-order chi connectivity index (χ1) is 9.92. The average Bonchev–Trinajstić information content (AvgIpc) is 2.89. The second-order valence-corrected chi connectivity index (χ2v) is 5.39. The number of carboxylic acid groups (broad SMARTS) is 1. The van der Waals surface area contributed by atoms with E-state index in [4.69, 9.17) is 19.1 Å². The van der Waals surface area contributed by atoms with E-state index in [0.29, 0.717) is 27.3 Å². The zero-order valence-electron chi connectivity index (χ0n) is 11.7. The molecule has 0 saturated carbocycles. The summed E-state index contributed by atoms with van der Waals surface area (Å²) in [5.41, 5.74) is 0.477. The molecule has 7 heteroatoms. The van der Waals surface area contributed by atoms with Crippen LogP contribution in [0.15, 0.2) is 27.2 Å². The Bertz CT molecular complexity index is 665. The molecular formula is C14H14BrNO5. The summed E-state index contributed by atoms with van der Waals surface area (Å²) in [5, 5.41) is 12.4. The fourth-order valence-electron chi connectivity index (χ4n) is 1.73. The molecule has 2 rings (SSSR count). The Morgan fingerprint density at radius 3 is 2.57 bits per heavy atom. The Hall–Kier alpha value is -2.02. The smallest absolute Gasteiger partial charge is 0.358 e. The predicted octanol–water partition coefficient (Wildman–Crippen LogP) is 3.60. The second-order valence-electron chi connectivity index (χ2n) is 4.53. The van der Waals surface area contributed by atoms with E-state index < -0.39 is 5.97 Å². The van der Waals surface area contributed by atoms with Crippen molar-refractivity contribution in [3.8, 4) is 22.8 Å². The third kappa shape index (κ3) is 3.36. The number of hydrogen-bond acceptors (Lipinski definition) is 5. The molecule has 0 spiro atoms. The molecule has 0 atom stereocenters. The van der Waals surface area contributed by atoms with Crippen LogP contribution in [-0.2, 0) is 0 Å². The van der Waals surface area contributed by atoms with Crippen molar-refractivity contribution in [2.45, 2.75) is 20.0 Å². The molecule has 0 aliphatic carbocycles. The highest BCUT2D eigenvalue weighted by Crippen LogP contribution is 2.39. The molecule has 21 heavy (non-hydrogen) atoms. The van der Waals surface area contributed by atoms with Crippen LogP contribution in [0.5, 0.6) is 11.5 Å². The topological polar surface area (TPSA) is 81.8 Å². The first kappa shape index (κ1) is 15.4. The lowest BCUT2D eigenvalue weighted by atomic mass is 10.1. The summed E-state index contributed by atoms with van der Waals surface area (Å²) < 4.78 is 16.7. The number of benzene rings is 1. The zero-order chi connectivity index (χ0) is 15.6. The lowest BCUT2D eigenvalue weighted by Gasteiger charge is -2.15. The van der Waals surface area contributed by atoms with E-state index in [1.807, 2.05) is 13.8 Å². The van der Waals surface area contributed by atoms with Crippen molar-refractivity contribution in [3.05, 3.63) is 28.4 Å². The van der Waals surface area contributed by atoms with Gasteiger partial charge in [-0.3, -0.25) is 0 Å². The summed E-state index contributed by atoms with van der Waals surface area (Å²) in [6.45, 7) is 3.80. The molecule has 1 aromatic heterocycles. The fourth-order valence-corrected chi connectivity index (χ4v) is 2.25. The van der Waals surface area contributed by atoms with Crippen LogP contribution in [0, 0.1) is 0 Å². The molecule has 0 fully saturated rings. The van der Waals surface area contributed by atoms with E-state index in [0.717, 1.165) is 0 Å². The number of aromatic carboxylic acids is 1. The fraction of sp³-hybridized carbons (Fsp3) is 0.286. The van der Waals surface area contributed by atoms with Crippen LogP contribution in [0.25, 0.3) is 11.3 Å². The van der Waals surface area contributed by atoms with Gasteiger partial charge in [0, 0.05) is 16.1 Å².